The molecule has 2 N–H and O–H groups in total. The van der Waals surface area contributed by atoms with E-state index >= 15 is 0 Å². The Kier molecular flexibility index (Phi) is 3.78. The second-order valence-electron chi connectivity index (χ2n) is 3.87. The van der Waals surface area contributed by atoms with Crippen molar-refractivity contribution in [2.45, 2.75) is 24.9 Å². The van der Waals surface area contributed by atoms with Gasteiger partial charge in [0.15, 0.2) is 5.03 Å². The zero-order valence-electron chi connectivity index (χ0n) is 10.1. The first-order chi connectivity index (χ1) is 8.63. The molecule has 2 aromatic rings. The Morgan fingerprint density at radius 3 is 2.56 bits per heavy atom. The first kappa shape index (κ1) is 12.8. The number of aryl methyl sites for hydroxylation is 1. The van der Waals surface area contributed by atoms with Gasteiger partial charge >= 0.3 is 0 Å². The van der Waals surface area contributed by atoms with Crippen LogP contribution in [0.25, 0.3) is 0 Å². The standard InChI is InChI=1S/C12H15N3O2S/c1-2-10-5-3-4-6-11(10)9-14-18(16,17)12-7-8-13-15-12/h3-8,14H,2,9H2,1H3,(H,13,15). The van der Waals surface area contributed by atoms with Crippen molar-refractivity contribution in [1.82, 2.24) is 14.9 Å². The van der Waals surface area contributed by atoms with Crippen molar-refractivity contribution >= 4 is 10.0 Å². The minimum atomic E-state index is -3.51. The largest absolute Gasteiger partial charge is 0.266 e. The third-order valence-corrected chi connectivity index (χ3v) is 4.05. The number of nitrogens with one attached hydrogen (secondary N) is 2. The van der Waals surface area contributed by atoms with Gasteiger partial charge in [0.2, 0.25) is 0 Å². The Balaban J connectivity index is 2.13. The molecular weight excluding hydrogens is 250 g/mol. The van der Waals surface area contributed by atoms with Crippen molar-refractivity contribution in [1.29, 1.82) is 0 Å². The Labute approximate surface area is 106 Å². The minimum absolute atomic E-state index is 0.0801. The molecule has 1 heterocycles. The monoisotopic (exact) mass is 265 g/mol. The van der Waals surface area contributed by atoms with Gasteiger partial charge in [-0.2, -0.15) is 5.10 Å². The SMILES string of the molecule is CCc1ccccc1CNS(=O)(=O)c1ccn[nH]1. The molecule has 5 nitrogen and oxygen atoms in total. The third-order valence-electron chi connectivity index (χ3n) is 2.72. The molecule has 0 spiro atoms. The van der Waals surface area contributed by atoms with Crippen molar-refractivity contribution in [3.63, 3.8) is 0 Å². The average molecular weight is 265 g/mol. The maximum Gasteiger partial charge on any atom is 0.257 e. The lowest BCUT2D eigenvalue weighted by molar-refractivity contribution is 0.576. The van der Waals surface area contributed by atoms with Gasteiger partial charge in [-0.1, -0.05) is 31.2 Å². The fourth-order valence-corrected chi connectivity index (χ4v) is 2.63. The van der Waals surface area contributed by atoms with Gasteiger partial charge in [0.25, 0.3) is 10.0 Å². The Morgan fingerprint density at radius 1 is 1.22 bits per heavy atom. The molecule has 0 aliphatic rings. The fourth-order valence-electron chi connectivity index (χ4n) is 1.72. The van der Waals surface area contributed by atoms with Crippen LogP contribution in [0.1, 0.15) is 18.1 Å². The van der Waals surface area contributed by atoms with E-state index in [0.717, 1.165) is 17.5 Å². The first-order valence-electron chi connectivity index (χ1n) is 5.69. The van der Waals surface area contributed by atoms with Crippen LogP contribution >= 0.6 is 0 Å². The maximum absolute atomic E-state index is 11.9. The molecule has 18 heavy (non-hydrogen) atoms. The molecule has 0 bridgehead atoms. The fraction of sp³-hybridized carbons (Fsp3) is 0.250. The number of hydrogen-bond acceptors (Lipinski definition) is 3. The molecule has 0 amide bonds. The number of nitrogens with zero attached hydrogens (tertiary/aromatic N) is 1. The topological polar surface area (TPSA) is 74.8 Å². The molecule has 1 aromatic carbocycles. The van der Waals surface area contributed by atoms with E-state index in [1.54, 1.807) is 0 Å². The van der Waals surface area contributed by atoms with Crippen LogP contribution in [0.5, 0.6) is 0 Å². The highest BCUT2D eigenvalue weighted by atomic mass is 32.2. The number of benzene rings is 1. The van der Waals surface area contributed by atoms with Gasteiger partial charge in [-0.3, -0.25) is 5.10 Å². The van der Waals surface area contributed by atoms with E-state index in [-0.39, 0.29) is 11.6 Å². The molecule has 0 aliphatic heterocycles. The van der Waals surface area contributed by atoms with E-state index in [0.29, 0.717) is 0 Å². The van der Waals surface area contributed by atoms with Crippen LogP contribution < -0.4 is 4.72 Å². The summed E-state index contributed by atoms with van der Waals surface area (Å²) in [5, 5.41) is 6.15. The highest BCUT2D eigenvalue weighted by Crippen LogP contribution is 2.11. The normalized spacial score (nSPS) is 11.6. The molecule has 96 valence electrons. The van der Waals surface area contributed by atoms with Crippen molar-refractivity contribution in [2.75, 3.05) is 0 Å². The highest BCUT2D eigenvalue weighted by Gasteiger charge is 2.15. The van der Waals surface area contributed by atoms with Crippen LogP contribution in [-0.2, 0) is 23.0 Å². The summed E-state index contributed by atoms with van der Waals surface area (Å²) < 4.78 is 26.3. The second kappa shape index (κ2) is 5.32. The molecule has 6 heteroatoms. The van der Waals surface area contributed by atoms with E-state index in [1.165, 1.54) is 12.3 Å². The Hall–Kier alpha value is -1.66. The van der Waals surface area contributed by atoms with Gasteiger partial charge in [-0.25, -0.2) is 13.1 Å². The molecule has 0 unspecified atom stereocenters. The number of sulfonamides is 1. The van der Waals surface area contributed by atoms with Gasteiger partial charge in [-0.15, -0.1) is 0 Å². The van der Waals surface area contributed by atoms with Crippen LogP contribution in [0, 0.1) is 0 Å². The van der Waals surface area contributed by atoms with Crippen molar-refractivity contribution < 1.29 is 8.42 Å². The van der Waals surface area contributed by atoms with Crippen molar-refractivity contribution in [3.8, 4) is 0 Å². The zero-order chi connectivity index (χ0) is 13.0. The van der Waals surface area contributed by atoms with Crippen LogP contribution in [0.2, 0.25) is 0 Å². The number of aromatic amines is 1. The molecule has 2 rings (SSSR count). The molecule has 0 aliphatic carbocycles. The van der Waals surface area contributed by atoms with Gasteiger partial charge in [0, 0.05) is 6.54 Å². The van der Waals surface area contributed by atoms with E-state index in [2.05, 4.69) is 14.9 Å². The second-order valence-corrected chi connectivity index (χ2v) is 5.60. The molecule has 1 aromatic heterocycles. The summed E-state index contributed by atoms with van der Waals surface area (Å²) in [5.41, 5.74) is 2.13. The first-order valence-corrected chi connectivity index (χ1v) is 7.17. The van der Waals surface area contributed by atoms with E-state index in [9.17, 15) is 8.42 Å². The summed E-state index contributed by atoms with van der Waals surface area (Å²) in [6.45, 7) is 2.33. The van der Waals surface area contributed by atoms with Gasteiger partial charge in [0.1, 0.15) is 0 Å². The van der Waals surface area contributed by atoms with Crippen LogP contribution in [-0.4, -0.2) is 18.6 Å². The zero-order valence-corrected chi connectivity index (χ0v) is 10.9. The predicted molar refractivity (Wildman–Crippen MR) is 68.4 cm³/mol. The summed E-state index contributed by atoms with van der Waals surface area (Å²) in [6, 6.07) is 9.20. The van der Waals surface area contributed by atoms with Crippen LogP contribution in [0.15, 0.2) is 41.6 Å². The summed E-state index contributed by atoms with van der Waals surface area (Å²) in [6.07, 6.45) is 2.29. The summed E-state index contributed by atoms with van der Waals surface area (Å²) in [5.74, 6) is 0. The summed E-state index contributed by atoms with van der Waals surface area (Å²) >= 11 is 0. The van der Waals surface area contributed by atoms with E-state index in [4.69, 9.17) is 0 Å². The number of H-pyrrole nitrogens is 1. The number of hydrogen-bond donors (Lipinski definition) is 2. The van der Waals surface area contributed by atoms with E-state index < -0.39 is 10.0 Å². The molecule has 0 atom stereocenters. The molecule has 0 saturated heterocycles. The number of rotatable bonds is 5. The third kappa shape index (κ3) is 2.77. The molecule has 0 saturated carbocycles. The maximum atomic E-state index is 11.9. The molecular formula is C12H15N3O2S. The van der Waals surface area contributed by atoms with Crippen LogP contribution in [0.3, 0.4) is 0 Å². The predicted octanol–water partition coefficient (Wildman–Crippen LogP) is 1.45. The van der Waals surface area contributed by atoms with Crippen LogP contribution in [0.4, 0.5) is 0 Å². The summed E-state index contributed by atoms with van der Waals surface area (Å²) in [7, 11) is -3.51. The Morgan fingerprint density at radius 2 is 1.94 bits per heavy atom. The Bertz CT molecular complexity index is 606. The lowest BCUT2D eigenvalue weighted by Gasteiger charge is -2.08. The van der Waals surface area contributed by atoms with Gasteiger partial charge in [-0.05, 0) is 23.6 Å². The van der Waals surface area contributed by atoms with Crippen molar-refractivity contribution in [3.05, 3.63) is 47.7 Å². The van der Waals surface area contributed by atoms with Gasteiger partial charge in [0.05, 0.1) is 6.20 Å². The average Bonchev–Trinajstić information content (AvgIpc) is 2.91. The number of aromatic nitrogens is 2. The summed E-state index contributed by atoms with van der Waals surface area (Å²) in [4.78, 5) is 0. The van der Waals surface area contributed by atoms with Gasteiger partial charge < -0.3 is 0 Å². The highest BCUT2D eigenvalue weighted by molar-refractivity contribution is 7.89. The molecule has 0 fully saturated rings. The lowest BCUT2D eigenvalue weighted by atomic mass is 10.1. The quantitative estimate of drug-likeness (QED) is 0.859. The smallest absolute Gasteiger partial charge is 0.257 e. The lowest BCUT2D eigenvalue weighted by Crippen LogP contribution is -2.24. The minimum Gasteiger partial charge on any atom is -0.266 e. The van der Waals surface area contributed by atoms with Crippen molar-refractivity contribution in [2.24, 2.45) is 0 Å². The molecule has 0 radical (unpaired) electrons. The van der Waals surface area contributed by atoms with E-state index in [1.807, 2.05) is 31.2 Å².